The average molecular weight is 238 g/mol. The average Bonchev–Trinajstić information content (AvgIpc) is 2.19. The fourth-order valence-corrected chi connectivity index (χ4v) is 1.46. The van der Waals surface area contributed by atoms with E-state index in [-0.39, 0.29) is 17.7 Å². The van der Waals surface area contributed by atoms with Gasteiger partial charge in [0.25, 0.3) is 0 Å². The maximum Gasteiger partial charge on any atom is 0.309 e. The largest absolute Gasteiger partial charge is 0.460 e. The van der Waals surface area contributed by atoms with Crippen LogP contribution in [0.4, 0.5) is 4.39 Å². The van der Waals surface area contributed by atoms with Crippen LogP contribution in [-0.4, -0.2) is 11.6 Å². The summed E-state index contributed by atoms with van der Waals surface area (Å²) in [7, 11) is 0. The SMILES string of the molecule is C[C@@H](Cc1ccc(F)cc1)C(=O)OC(C)(C)C. The van der Waals surface area contributed by atoms with E-state index in [1.807, 2.05) is 27.7 Å². The molecule has 1 rings (SSSR count). The lowest BCUT2D eigenvalue weighted by Gasteiger charge is -2.22. The van der Waals surface area contributed by atoms with Gasteiger partial charge in [0.1, 0.15) is 11.4 Å². The van der Waals surface area contributed by atoms with Crippen LogP contribution in [0.3, 0.4) is 0 Å². The van der Waals surface area contributed by atoms with Crippen molar-refractivity contribution in [1.82, 2.24) is 0 Å². The molecule has 0 aliphatic carbocycles. The molecule has 0 N–H and O–H groups in total. The summed E-state index contributed by atoms with van der Waals surface area (Å²) in [6.07, 6.45) is 0.565. The number of hydrogen-bond donors (Lipinski definition) is 0. The Morgan fingerprint density at radius 1 is 1.29 bits per heavy atom. The van der Waals surface area contributed by atoms with E-state index < -0.39 is 5.60 Å². The Morgan fingerprint density at radius 3 is 2.29 bits per heavy atom. The molecule has 0 aliphatic heterocycles. The van der Waals surface area contributed by atoms with E-state index in [0.717, 1.165) is 5.56 Å². The minimum atomic E-state index is -0.464. The number of ether oxygens (including phenoxy) is 1. The molecular formula is C14H19FO2. The van der Waals surface area contributed by atoms with Gasteiger partial charge in [-0.25, -0.2) is 4.39 Å². The molecule has 0 saturated carbocycles. The zero-order chi connectivity index (χ0) is 13.1. The Bertz CT molecular complexity index is 376. The van der Waals surface area contributed by atoms with Gasteiger partial charge in [0, 0.05) is 0 Å². The van der Waals surface area contributed by atoms with Crippen molar-refractivity contribution in [2.75, 3.05) is 0 Å². The Balaban J connectivity index is 2.57. The molecule has 0 aliphatic rings. The lowest BCUT2D eigenvalue weighted by molar-refractivity contribution is -0.159. The molecule has 0 bridgehead atoms. The van der Waals surface area contributed by atoms with E-state index in [1.165, 1.54) is 12.1 Å². The van der Waals surface area contributed by atoms with Gasteiger partial charge in [-0.3, -0.25) is 4.79 Å². The van der Waals surface area contributed by atoms with Crippen LogP contribution >= 0.6 is 0 Å². The van der Waals surface area contributed by atoms with Crippen molar-refractivity contribution in [1.29, 1.82) is 0 Å². The van der Waals surface area contributed by atoms with Gasteiger partial charge in [0.05, 0.1) is 5.92 Å². The molecule has 0 fully saturated rings. The lowest BCUT2D eigenvalue weighted by atomic mass is 10.0. The molecule has 0 unspecified atom stereocenters. The molecule has 17 heavy (non-hydrogen) atoms. The minimum absolute atomic E-state index is 0.221. The van der Waals surface area contributed by atoms with Gasteiger partial charge in [-0.05, 0) is 44.9 Å². The Hall–Kier alpha value is -1.38. The van der Waals surface area contributed by atoms with Crippen LogP contribution in [0, 0.1) is 11.7 Å². The molecule has 2 nitrogen and oxygen atoms in total. The van der Waals surface area contributed by atoms with Gasteiger partial charge in [-0.2, -0.15) is 0 Å². The van der Waals surface area contributed by atoms with Crippen molar-refractivity contribution in [2.45, 2.75) is 39.7 Å². The molecule has 1 aromatic carbocycles. The fraction of sp³-hybridized carbons (Fsp3) is 0.500. The number of hydrogen-bond acceptors (Lipinski definition) is 2. The van der Waals surface area contributed by atoms with E-state index in [4.69, 9.17) is 4.74 Å². The second-order valence-electron chi connectivity index (χ2n) is 5.27. The molecule has 0 heterocycles. The second-order valence-corrected chi connectivity index (χ2v) is 5.27. The third kappa shape index (κ3) is 4.98. The number of benzene rings is 1. The van der Waals surface area contributed by atoms with Crippen LogP contribution in [0.25, 0.3) is 0 Å². The summed E-state index contributed by atoms with van der Waals surface area (Å²) in [6, 6.07) is 6.18. The number of carbonyl (C=O) groups is 1. The van der Waals surface area contributed by atoms with Crippen LogP contribution in [0.1, 0.15) is 33.3 Å². The molecular weight excluding hydrogens is 219 g/mol. The third-order valence-electron chi connectivity index (χ3n) is 2.26. The minimum Gasteiger partial charge on any atom is -0.460 e. The van der Waals surface area contributed by atoms with E-state index in [9.17, 15) is 9.18 Å². The number of halogens is 1. The predicted octanol–water partition coefficient (Wildman–Crippen LogP) is 3.35. The molecule has 1 atom stereocenters. The van der Waals surface area contributed by atoms with Gasteiger partial charge >= 0.3 is 5.97 Å². The van der Waals surface area contributed by atoms with Crippen LogP contribution in [0.15, 0.2) is 24.3 Å². The number of rotatable bonds is 3. The summed E-state index contributed by atoms with van der Waals surface area (Å²) < 4.78 is 18.0. The number of carbonyl (C=O) groups excluding carboxylic acids is 1. The van der Waals surface area contributed by atoms with Gasteiger partial charge in [-0.15, -0.1) is 0 Å². The maximum absolute atomic E-state index is 12.7. The lowest BCUT2D eigenvalue weighted by Crippen LogP contribution is -2.28. The zero-order valence-electron chi connectivity index (χ0n) is 10.8. The molecule has 0 radical (unpaired) electrons. The smallest absolute Gasteiger partial charge is 0.309 e. The predicted molar refractivity (Wildman–Crippen MR) is 65.1 cm³/mol. The first-order chi connectivity index (χ1) is 7.78. The molecule has 0 saturated heterocycles. The Labute approximate surface area is 102 Å². The summed E-state index contributed by atoms with van der Waals surface area (Å²) >= 11 is 0. The first-order valence-corrected chi connectivity index (χ1v) is 5.75. The summed E-state index contributed by atoms with van der Waals surface area (Å²) in [5, 5.41) is 0. The summed E-state index contributed by atoms with van der Waals surface area (Å²) in [5.41, 5.74) is 0.471. The quantitative estimate of drug-likeness (QED) is 0.755. The second kappa shape index (κ2) is 5.30. The van der Waals surface area contributed by atoms with Crippen molar-refractivity contribution in [3.05, 3.63) is 35.6 Å². The fourth-order valence-electron chi connectivity index (χ4n) is 1.46. The van der Waals surface area contributed by atoms with E-state index >= 15 is 0 Å². The summed E-state index contributed by atoms with van der Waals surface area (Å²) in [5.74, 6) is -0.708. The summed E-state index contributed by atoms with van der Waals surface area (Å²) in [6.45, 7) is 7.35. The first-order valence-electron chi connectivity index (χ1n) is 5.75. The highest BCUT2D eigenvalue weighted by Crippen LogP contribution is 2.15. The van der Waals surface area contributed by atoms with Gasteiger partial charge in [0.2, 0.25) is 0 Å². The Morgan fingerprint density at radius 2 is 1.82 bits per heavy atom. The van der Waals surface area contributed by atoms with Crippen LogP contribution in [-0.2, 0) is 16.0 Å². The van der Waals surface area contributed by atoms with Crippen molar-refractivity contribution in [2.24, 2.45) is 5.92 Å². The maximum atomic E-state index is 12.7. The monoisotopic (exact) mass is 238 g/mol. The third-order valence-corrected chi connectivity index (χ3v) is 2.26. The van der Waals surface area contributed by atoms with E-state index in [1.54, 1.807) is 12.1 Å². The normalized spacial score (nSPS) is 13.2. The molecule has 0 spiro atoms. The van der Waals surface area contributed by atoms with Gasteiger partial charge in [-0.1, -0.05) is 19.1 Å². The van der Waals surface area contributed by atoms with Crippen LogP contribution in [0.5, 0.6) is 0 Å². The molecule has 94 valence electrons. The Kier molecular flexibility index (Phi) is 4.27. The standard InChI is InChI=1S/C14H19FO2/c1-10(13(16)17-14(2,3)4)9-11-5-7-12(15)8-6-11/h5-8,10H,9H2,1-4H3/t10-/m0/s1. The zero-order valence-corrected chi connectivity index (χ0v) is 10.8. The first kappa shape index (κ1) is 13.7. The molecule has 1 aromatic rings. The van der Waals surface area contributed by atoms with Crippen molar-refractivity contribution in [3.8, 4) is 0 Å². The highest BCUT2D eigenvalue weighted by Gasteiger charge is 2.21. The van der Waals surface area contributed by atoms with Crippen molar-refractivity contribution < 1.29 is 13.9 Å². The van der Waals surface area contributed by atoms with E-state index in [0.29, 0.717) is 6.42 Å². The van der Waals surface area contributed by atoms with Crippen LogP contribution < -0.4 is 0 Å². The van der Waals surface area contributed by atoms with Gasteiger partial charge < -0.3 is 4.74 Å². The molecule has 0 aromatic heterocycles. The summed E-state index contributed by atoms with van der Waals surface area (Å²) in [4.78, 5) is 11.7. The van der Waals surface area contributed by atoms with Crippen molar-refractivity contribution in [3.63, 3.8) is 0 Å². The molecule has 3 heteroatoms. The topological polar surface area (TPSA) is 26.3 Å². The number of esters is 1. The van der Waals surface area contributed by atoms with Crippen LogP contribution in [0.2, 0.25) is 0 Å². The molecule has 0 amide bonds. The van der Waals surface area contributed by atoms with Crippen molar-refractivity contribution >= 4 is 5.97 Å². The highest BCUT2D eigenvalue weighted by atomic mass is 19.1. The highest BCUT2D eigenvalue weighted by molar-refractivity contribution is 5.72. The van der Waals surface area contributed by atoms with Gasteiger partial charge in [0.15, 0.2) is 0 Å². The van der Waals surface area contributed by atoms with E-state index in [2.05, 4.69) is 0 Å².